The average molecular weight is 232 g/mol. The van der Waals surface area contributed by atoms with E-state index in [1.807, 2.05) is 6.92 Å². The van der Waals surface area contributed by atoms with Crippen molar-refractivity contribution in [1.29, 1.82) is 0 Å². The Bertz CT molecular complexity index is 509. The van der Waals surface area contributed by atoms with Crippen molar-refractivity contribution in [1.82, 2.24) is 25.0 Å². The summed E-state index contributed by atoms with van der Waals surface area (Å²) in [5, 5.41) is 7.57. The van der Waals surface area contributed by atoms with Gasteiger partial charge in [0, 0.05) is 24.5 Å². The van der Waals surface area contributed by atoms with E-state index in [0.717, 1.165) is 0 Å². The van der Waals surface area contributed by atoms with Crippen molar-refractivity contribution in [3.8, 4) is 0 Å². The zero-order chi connectivity index (χ0) is 12.3. The van der Waals surface area contributed by atoms with Gasteiger partial charge in [-0.1, -0.05) is 12.1 Å². The molecule has 1 amide bonds. The number of carbonyl (C=O) groups excluding carboxylic acids is 1. The van der Waals surface area contributed by atoms with Crippen LogP contribution in [0.1, 0.15) is 29.0 Å². The molecular formula is C10H12N6O. The van der Waals surface area contributed by atoms with Crippen molar-refractivity contribution in [3.63, 3.8) is 0 Å². The number of nitrogens with two attached hydrogens (primary N) is 1. The quantitative estimate of drug-likeness (QED) is 0.797. The molecule has 1 atom stereocenters. The van der Waals surface area contributed by atoms with Gasteiger partial charge in [0.05, 0.1) is 18.4 Å². The maximum atomic E-state index is 11.2. The van der Waals surface area contributed by atoms with Crippen LogP contribution in [-0.4, -0.2) is 30.9 Å². The highest BCUT2D eigenvalue weighted by atomic mass is 16.1. The molecule has 2 aromatic rings. The summed E-state index contributed by atoms with van der Waals surface area (Å²) in [7, 11) is 0. The number of amides is 1. The second-order valence-corrected chi connectivity index (χ2v) is 3.68. The first-order valence-electron chi connectivity index (χ1n) is 5.13. The van der Waals surface area contributed by atoms with E-state index in [-0.39, 0.29) is 11.6 Å². The second kappa shape index (κ2) is 4.69. The van der Waals surface area contributed by atoms with Crippen LogP contribution < -0.4 is 5.73 Å². The molecule has 0 saturated carbocycles. The normalized spacial score (nSPS) is 12.3. The first-order chi connectivity index (χ1) is 8.18. The van der Waals surface area contributed by atoms with Crippen molar-refractivity contribution in [2.75, 3.05) is 0 Å². The Hall–Kier alpha value is -2.31. The molecule has 0 fully saturated rings. The van der Waals surface area contributed by atoms with Crippen molar-refractivity contribution in [2.24, 2.45) is 5.73 Å². The number of rotatable bonds is 4. The molecule has 0 spiro atoms. The van der Waals surface area contributed by atoms with Crippen molar-refractivity contribution < 1.29 is 4.79 Å². The summed E-state index contributed by atoms with van der Waals surface area (Å²) in [5.74, 6) is -0.591. The first-order valence-corrected chi connectivity index (χ1v) is 5.13. The Balaban J connectivity index is 2.24. The largest absolute Gasteiger partial charge is 0.364 e. The average Bonchev–Trinajstić information content (AvgIpc) is 2.81. The Labute approximate surface area is 97.7 Å². The molecule has 2 N–H and O–H groups in total. The molecule has 7 heteroatoms. The fourth-order valence-corrected chi connectivity index (χ4v) is 1.60. The van der Waals surface area contributed by atoms with Crippen molar-refractivity contribution in [2.45, 2.75) is 19.4 Å². The zero-order valence-electron chi connectivity index (χ0n) is 9.32. The highest BCUT2D eigenvalue weighted by Crippen LogP contribution is 2.16. The molecule has 0 saturated heterocycles. The Morgan fingerprint density at radius 2 is 2.18 bits per heavy atom. The summed E-state index contributed by atoms with van der Waals surface area (Å²) < 4.78 is 1.67. The fraction of sp³-hybridized carbons (Fsp3) is 0.300. The fourth-order valence-electron chi connectivity index (χ4n) is 1.60. The molecule has 2 heterocycles. The number of nitrogens with zero attached hydrogens (tertiary/aromatic N) is 5. The Morgan fingerprint density at radius 3 is 2.82 bits per heavy atom. The van der Waals surface area contributed by atoms with Crippen LogP contribution in [-0.2, 0) is 6.54 Å². The molecule has 2 rings (SSSR count). The predicted molar refractivity (Wildman–Crippen MR) is 59.0 cm³/mol. The number of aromatic nitrogens is 5. The van der Waals surface area contributed by atoms with E-state index in [2.05, 4.69) is 20.3 Å². The number of hydrogen-bond acceptors (Lipinski definition) is 5. The Morgan fingerprint density at radius 1 is 1.41 bits per heavy atom. The smallest absolute Gasteiger partial charge is 0.269 e. The molecule has 88 valence electrons. The zero-order valence-corrected chi connectivity index (χ0v) is 9.32. The van der Waals surface area contributed by atoms with Crippen molar-refractivity contribution >= 4 is 5.91 Å². The minimum atomic E-state index is -0.571. The lowest BCUT2D eigenvalue weighted by Crippen LogP contribution is -2.19. The summed E-state index contributed by atoms with van der Waals surface area (Å²) in [6, 6.07) is 0. The standard InChI is InChI=1S/C10H12N6O/c1-7(6-16-5-4-14-15-16)8-9(10(11)17)13-3-2-12-8/h2-5,7H,6H2,1H3,(H2,11,17)/t7-/m1/s1. The third kappa shape index (κ3) is 2.44. The molecule has 0 aromatic carbocycles. The van der Waals surface area contributed by atoms with Crippen LogP contribution in [0, 0.1) is 0 Å². The molecule has 17 heavy (non-hydrogen) atoms. The van der Waals surface area contributed by atoms with E-state index in [0.29, 0.717) is 12.2 Å². The van der Waals surface area contributed by atoms with E-state index in [1.165, 1.54) is 6.20 Å². The van der Waals surface area contributed by atoms with Gasteiger partial charge in [-0.25, -0.2) is 4.98 Å². The lowest BCUT2D eigenvalue weighted by Gasteiger charge is -2.12. The predicted octanol–water partition coefficient (Wildman–Crippen LogP) is -0.0293. The van der Waals surface area contributed by atoms with Gasteiger partial charge >= 0.3 is 0 Å². The van der Waals surface area contributed by atoms with Crippen LogP contribution in [0.25, 0.3) is 0 Å². The molecule has 0 aliphatic rings. The molecule has 7 nitrogen and oxygen atoms in total. The monoisotopic (exact) mass is 232 g/mol. The minimum Gasteiger partial charge on any atom is -0.364 e. The van der Waals surface area contributed by atoms with Gasteiger partial charge < -0.3 is 5.73 Å². The third-order valence-corrected chi connectivity index (χ3v) is 2.36. The maximum absolute atomic E-state index is 11.2. The molecule has 0 aliphatic carbocycles. The summed E-state index contributed by atoms with van der Waals surface area (Å²) in [6.07, 6.45) is 6.33. The van der Waals surface area contributed by atoms with Crippen LogP contribution in [0.4, 0.5) is 0 Å². The molecule has 0 radical (unpaired) electrons. The summed E-state index contributed by atoms with van der Waals surface area (Å²) >= 11 is 0. The molecule has 0 bridgehead atoms. The van der Waals surface area contributed by atoms with Gasteiger partial charge in [0.25, 0.3) is 5.91 Å². The lowest BCUT2D eigenvalue weighted by molar-refractivity contribution is 0.0993. The maximum Gasteiger partial charge on any atom is 0.269 e. The van der Waals surface area contributed by atoms with E-state index in [9.17, 15) is 4.79 Å². The van der Waals surface area contributed by atoms with E-state index in [1.54, 1.807) is 23.3 Å². The minimum absolute atomic E-state index is 0.0205. The lowest BCUT2D eigenvalue weighted by atomic mass is 10.1. The van der Waals surface area contributed by atoms with Gasteiger partial charge in [-0.15, -0.1) is 5.10 Å². The highest BCUT2D eigenvalue weighted by molar-refractivity contribution is 5.91. The van der Waals surface area contributed by atoms with Crippen LogP contribution in [0.5, 0.6) is 0 Å². The second-order valence-electron chi connectivity index (χ2n) is 3.68. The van der Waals surface area contributed by atoms with E-state index >= 15 is 0 Å². The number of primary amides is 1. The van der Waals surface area contributed by atoms with Crippen LogP contribution in [0.3, 0.4) is 0 Å². The molecule has 0 aliphatic heterocycles. The van der Waals surface area contributed by atoms with Gasteiger partial charge in [0.15, 0.2) is 0 Å². The summed E-state index contributed by atoms with van der Waals surface area (Å²) in [5.41, 5.74) is 6.04. The molecule has 0 unspecified atom stereocenters. The number of hydrogen-bond donors (Lipinski definition) is 1. The summed E-state index contributed by atoms with van der Waals surface area (Å²) in [6.45, 7) is 2.50. The van der Waals surface area contributed by atoms with Gasteiger partial charge in [-0.05, 0) is 0 Å². The highest BCUT2D eigenvalue weighted by Gasteiger charge is 2.17. The Kier molecular flexibility index (Phi) is 3.08. The van der Waals surface area contributed by atoms with Crippen LogP contribution in [0.2, 0.25) is 0 Å². The van der Waals surface area contributed by atoms with Gasteiger partial charge in [-0.3, -0.25) is 14.5 Å². The molecular weight excluding hydrogens is 220 g/mol. The van der Waals surface area contributed by atoms with Crippen molar-refractivity contribution in [3.05, 3.63) is 36.2 Å². The molecule has 2 aromatic heterocycles. The van der Waals surface area contributed by atoms with Gasteiger partial charge in [0.2, 0.25) is 0 Å². The van der Waals surface area contributed by atoms with Crippen LogP contribution in [0.15, 0.2) is 24.8 Å². The van der Waals surface area contributed by atoms with Gasteiger partial charge in [0.1, 0.15) is 5.69 Å². The first kappa shape index (κ1) is 11.2. The van der Waals surface area contributed by atoms with Gasteiger partial charge in [-0.2, -0.15) is 0 Å². The SMILES string of the molecule is C[C@H](Cn1ccnn1)c1nccnc1C(N)=O. The summed E-state index contributed by atoms with van der Waals surface area (Å²) in [4.78, 5) is 19.3. The van der Waals surface area contributed by atoms with Crippen LogP contribution >= 0.6 is 0 Å². The van der Waals surface area contributed by atoms with E-state index in [4.69, 9.17) is 5.73 Å². The number of carbonyl (C=O) groups is 1. The van der Waals surface area contributed by atoms with E-state index < -0.39 is 5.91 Å². The topological polar surface area (TPSA) is 99.6 Å². The third-order valence-electron chi connectivity index (χ3n) is 2.36.